The molecule has 0 bridgehead atoms. The first-order chi connectivity index (χ1) is 16.9. The molecule has 0 aliphatic heterocycles. The van der Waals surface area contributed by atoms with Gasteiger partial charge in [-0.25, -0.2) is 0 Å². The monoisotopic (exact) mass is 469 g/mol. The molecule has 0 unspecified atom stereocenters. The molecule has 2 N–H and O–H groups in total. The number of hydrogen-bond donors (Lipinski definition) is 2. The van der Waals surface area contributed by atoms with Gasteiger partial charge in [0.2, 0.25) is 0 Å². The smallest absolute Gasteiger partial charge is 0.256 e. The highest BCUT2D eigenvalue weighted by molar-refractivity contribution is 6.13. The van der Waals surface area contributed by atoms with Crippen LogP contribution in [-0.4, -0.2) is 31.0 Å². The second-order valence-corrected chi connectivity index (χ2v) is 8.29. The van der Waals surface area contributed by atoms with E-state index in [2.05, 4.69) is 15.6 Å². The first-order valence-electron chi connectivity index (χ1n) is 11.2. The Balaban J connectivity index is 1.68. The number of carbonyl (C=O) groups excluding carboxylic acids is 2. The number of pyridine rings is 1. The number of benzene rings is 3. The summed E-state index contributed by atoms with van der Waals surface area (Å²) >= 11 is 0. The van der Waals surface area contributed by atoms with E-state index in [1.165, 1.54) is 14.2 Å². The van der Waals surface area contributed by atoms with E-state index < -0.39 is 0 Å². The Labute approximate surface area is 204 Å². The number of aromatic nitrogens is 1. The van der Waals surface area contributed by atoms with Crippen molar-refractivity contribution in [3.05, 3.63) is 89.6 Å². The fraction of sp³-hybridized carbons (Fsp3) is 0.179. The van der Waals surface area contributed by atoms with Gasteiger partial charge in [-0.05, 0) is 30.2 Å². The van der Waals surface area contributed by atoms with Gasteiger partial charge in [0.15, 0.2) is 0 Å². The van der Waals surface area contributed by atoms with Crippen LogP contribution in [0.2, 0.25) is 0 Å². The minimum Gasteiger partial charge on any atom is -0.494 e. The van der Waals surface area contributed by atoms with Gasteiger partial charge in [-0.1, -0.05) is 50.2 Å². The van der Waals surface area contributed by atoms with Crippen LogP contribution in [0.1, 0.15) is 46.2 Å². The Morgan fingerprint density at radius 3 is 1.94 bits per heavy atom. The zero-order chi connectivity index (χ0) is 24.9. The summed E-state index contributed by atoms with van der Waals surface area (Å²) in [7, 11) is 3.00. The highest BCUT2D eigenvalue weighted by atomic mass is 16.5. The third-order valence-electron chi connectivity index (χ3n) is 5.63. The maximum absolute atomic E-state index is 13.4. The van der Waals surface area contributed by atoms with E-state index in [4.69, 9.17) is 9.47 Å². The van der Waals surface area contributed by atoms with Crippen LogP contribution in [0.25, 0.3) is 10.9 Å². The number of ether oxygens (including phenoxy) is 2. The summed E-state index contributed by atoms with van der Waals surface area (Å²) in [6.45, 7) is 4.07. The van der Waals surface area contributed by atoms with Crippen molar-refractivity contribution in [1.82, 2.24) is 4.98 Å². The van der Waals surface area contributed by atoms with E-state index in [9.17, 15) is 9.59 Å². The summed E-state index contributed by atoms with van der Waals surface area (Å²) in [6, 6.07) is 21.5. The molecule has 0 radical (unpaired) electrons. The second kappa shape index (κ2) is 10.3. The predicted molar refractivity (Wildman–Crippen MR) is 138 cm³/mol. The van der Waals surface area contributed by atoms with Crippen LogP contribution in [0.4, 0.5) is 11.4 Å². The normalized spacial score (nSPS) is 10.8. The van der Waals surface area contributed by atoms with E-state index in [1.54, 1.807) is 36.4 Å². The van der Waals surface area contributed by atoms with Gasteiger partial charge < -0.3 is 20.1 Å². The van der Waals surface area contributed by atoms with Crippen LogP contribution in [0, 0.1) is 0 Å². The molecule has 7 heteroatoms. The Morgan fingerprint density at radius 2 is 1.34 bits per heavy atom. The van der Waals surface area contributed by atoms with Gasteiger partial charge in [-0.2, -0.15) is 0 Å². The summed E-state index contributed by atoms with van der Waals surface area (Å²) in [5.74, 6) is 0.338. The molecule has 0 fully saturated rings. The fourth-order valence-electron chi connectivity index (χ4n) is 3.75. The Bertz CT molecular complexity index is 1380. The van der Waals surface area contributed by atoms with Gasteiger partial charge in [0, 0.05) is 28.8 Å². The number of para-hydroxylation sites is 1. The standard InChI is InChI=1S/C28H27N3O4/c1-17(2)22-14-20(19-12-8-9-13-21(19)29-22)28(33)31-24-16-25(34-3)23(15-26(24)35-4)30-27(32)18-10-6-5-7-11-18/h5-17H,1-4H3,(H,30,32)(H,31,33). The molecule has 178 valence electrons. The molecule has 0 atom stereocenters. The molecule has 0 saturated carbocycles. The highest BCUT2D eigenvalue weighted by Crippen LogP contribution is 2.37. The van der Waals surface area contributed by atoms with Gasteiger partial charge in [-0.15, -0.1) is 0 Å². The Kier molecular flexibility index (Phi) is 6.96. The Hall–Kier alpha value is -4.39. The first-order valence-corrected chi connectivity index (χ1v) is 11.2. The molecule has 0 saturated heterocycles. The van der Waals surface area contributed by atoms with Crippen LogP contribution in [0.15, 0.2) is 72.8 Å². The van der Waals surface area contributed by atoms with Crippen molar-refractivity contribution in [2.45, 2.75) is 19.8 Å². The third-order valence-corrected chi connectivity index (χ3v) is 5.63. The van der Waals surface area contributed by atoms with Crippen LogP contribution in [0.3, 0.4) is 0 Å². The SMILES string of the molecule is COc1cc(NC(=O)c2cc(C(C)C)nc3ccccc23)c(OC)cc1NC(=O)c1ccccc1. The van der Waals surface area contributed by atoms with Crippen LogP contribution < -0.4 is 20.1 Å². The lowest BCUT2D eigenvalue weighted by molar-refractivity contribution is 0.101. The van der Waals surface area contributed by atoms with Crippen molar-refractivity contribution in [3.63, 3.8) is 0 Å². The van der Waals surface area contributed by atoms with Crippen molar-refractivity contribution in [2.75, 3.05) is 24.9 Å². The maximum atomic E-state index is 13.4. The van der Waals surface area contributed by atoms with Gasteiger partial charge >= 0.3 is 0 Å². The molecular weight excluding hydrogens is 442 g/mol. The number of amides is 2. The Morgan fingerprint density at radius 1 is 0.771 bits per heavy atom. The van der Waals surface area contributed by atoms with E-state index in [-0.39, 0.29) is 17.7 Å². The number of carbonyl (C=O) groups is 2. The number of nitrogens with zero attached hydrogens (tertiary/aromatic N) is 1. The summed E-state index contributed by atoms with van der Waals surface area (Å²) in [6.07, 6.45) is 0. The summed E-state index contributed by atoms with van der Waals surface area (Å²) in [5, 5.41) is 6.54. The molecule has 3 aromatic carbocycles. The molecule has 2 amide bonds. The number of anilines is 2. The molecule has 7 nitrogen and oxygen atoms in total. The lowest BCUT2D eigenvalue weighted by atomic mass is 10.0. The molecule has 0 spiro atoms. The predicted octanol–water partition coefficient (Wildman–Crippen LogP) is 5.88. The number of fused-ring (bicyclic) bond motifs is 1. The topological polar surface area (TPSA) is 89.6 Å². The molecule has 1 aromatic heterocycles. The fourth-order valence-corrected chi connectivity index (χ4v) is 3.75. The van der Waals surface area contributed by atoms with Crippen molar-refractivity contribution >= 4 is 34.1 Å². The first kappa shape index (κ1) is 23.8. The van der Waals surface area contributed by atoms with Crippen LogP contribution in [-0.2, 0) is 0 Å². The van der Waals surface area contributed by atoms with Gasteiger partial charge in [-0.3, -0.25) is 14.6 Å². The van der Waals surface area contributed by atoms with Gasteiger partial charge in [0.25, 0.3) is 11.8 Å². The number of rotatable bonds is 7. The largest absolute Gasteiger partial charge is 0.494 e. The molecule has 1 heterocycles. The molecule has 0 aliphatic rings. The zero-order valence-corrected chi connectivity index (χ0v) is 20.1. The molecule has 4 aromatic rings. The average Bonchev–Trinajstić information content (AvgIpc) is 2.88. The maximum Gasteiger partial charge on any atom is 0.256 e. The van der Waals surface area contributed by atoms with Gasteiger partial charge in [0.1, 0.15) is 11.5 Å². The molecular formula is C28H27N3O4. The molecule has 35 heavy (non-hydrogen) atoms. The lowest BCUT2D eigenvalue weighted by Crippen LogP contribution is -2.16. The average molecular weight is 470 g/mol. The molecule has 0 aliphatic carbocycles. The van der Waals surface area contributed by atoms with Crippen molar-refractivity contribution in [2.24, 2.45) is 0 Å². The number of nitrogens with one attached hydrogen (secondary N) is 2. The lowest BCUT2D eigenvalue weighted by Gasteiger charge is -2.17. The summed E-state index contributed by atoms with van der Waals surface area (Å²) in [4.78, 5) is 30.8. The minimum atomic E-state index is -0.299. The van der Waals surface area contributed by atoms with Crippen molar-refractivity contribution in [1.29, 1.82) is 0 Å². The third kappa shape index (κ3) is 5.09. The number of methoxy groups -OCH3 is 2. The second-order valence-electron chi connectivity index (χ2n) is 8.29. The van der Waals surface area contributed by atoms with E-state index in [0.29, 0.717) is 34.0 Å². The van der Waals surface area contributed by atoms with Gasteiger partial charge in [0.05, 0.1) is 36.7 Å². The number of hydrogen-bond acceptors (Lipinski definition) is 5. The highest BCUT2D eigenvalue weighted by Gasteiger charge is 2.19. The summed E-state index contributed by atoms with van der Waals surface area (Å²) < 4.78 is 11.0. The van der Waals surface area contributed by atoms with Crippen LogP contribution in [0.5, 0.6) is 11.5 Å². The quantitative estimate of drug-likeness (QED) is 0.353. The van der Waals surface area contributed by atoms with Crippen molar-refractivity contribution < 1.29 is 19.1 Å². The van der Waals surface area contributed by atoms with Crippen LogP contribution >= 0.6 is 0 Å². The summed E-state index contributed by atoms with van der Waals surface area (Å²) in [5.41, 5.74) is 3.45. The van der Waals surface area contributed by atoms with E-state index >= 15 is 0 Å². The molecule has 4 rings (SSSR count). The minimum absolute atomic E-state index is 0.160. The van der Waals surface area contributed by atoms with Crippen molar-refractivity contribution in [3.8, 4) is 11.5 Å². The van der Waals surface area contributed by atoms with E-state index in [1.807, 2.05) is 50.2 Å². The zero-order valence-electron chi connectivity index (χ0n) is 20.1. The van der Waals surface area contributed by atoms with E-state index in [0.717, 1.165) is 16.6 Å².